The van der Waals surface area contributed by atoms with E-state index >= 15 is 0 Å². The summed E-state index contributed by atoms with van der Waals surface area (Å²) in [6.45, 7) is 7.45. The van der Waals surface area contributed by atoms with E-state index in [9.17, 15) is 4.39 Å². The molecule has 1 aliphatic rings. The number of halogens is 2. The second kappa shape index (κ2) is 4.69. The van der Waals surface area contributed by atoms with Crippen molar-refractivity contribution in [1.82, 2.24) is 5.32 Å². The molecule has 2 unspecified atom stereocenters. The first-order valence-corrected chi connectivity index (χ1v) is 6.86. The number of benzene rings is 1. The maximum absolute atomic E-state index is 13.7. The third-order valence-electron chi connectivity index (χ3n) is 3.18. The average Bonchev–Trinajstić information content (AvgIpc) is 2.93. The minimum Gasteiger partial charge on any atom is -0.312 e. The minimum absolute atomic E-state index is 0.0809. The van der Waals surface area contributed by atoms with Crippen LogP contribution in [-0.4, -0.2) is 12.1 Å². The van der Waals surface area contributed by atoms with Crippen LogP contribution in [0.15, 0.2) is 22.7 Å². The molecule has 0 aromatic heterocycles. The summed E-state index contributed by atoms with van der Waals surface area (Å²) in [7, 11) is 0. The van der Waals surface area contributed by atoms with Crippen molar-refractivity contribution in [3.8, 4) is 0 Å². The largest absolute Gasteiger partial charge is 0.312 e. The number of nitrogens with one attached hydrogen (secondary N) is 1. The van der Waals surface area contributed by atoms with Gasteiger partial charge in [0.15, 0.2) is 0 Å². The van der Waals surface area contributed by atoms with E-state index in [1.807, 2.05) is 12.1 Å². The molecule has 3 heteroatoms. The van der Waals surface area contributed by atoms with Gasteiger partial charge in [0, 0.05) is 10.0 Å². The zero-order chi connectivity index (χ0) is 12.6. The Morgan fingerprint density at radius 3 is 2.71 bits per heavy atom. The van der Waals surface area contributed by atoms with Gasteiger partial charge in [-0.15, -0.1) is 0 Å². The lowest BCUT2D eigenvalue weighted by Crippen LogP contribution is -2.37. The molecule has 94 valence electrons. The molecule has 0 heterocycles. The van der Waals surface area contributed by atoms with Gasteiger partial charge in [0.25, 0.3) is 0 Å². The van der Waals surface area contributed by atoms with Crippen molar-refractivity contribution >= 4 is 15.9 Å². The fourth-order valence-corrected chi connectivity index (χ4v) is 2.43. The Kier molecular flexibility index (Phi) is 3.60. The number of hydrogen-bond donors (Lipinski definition) is 1. The molecule has 2 rings (SSSR count). The highest BCUT2D eigenvalue weighted by molar-refractivity contribution is 9.10. The SMILES string of the molecule is CC(C)(C)NCC1CC1c1ccc(Br)cc1F. The Morgan fingerprint density at radius 1 is 1.41 bits per heavy atom. The molecule has 1 nitrogen and oxygen atoms in total. The first kappa shape index (κ1) is 13.0. The van der Waals surface area contributed by atoms with E-state index in [4.69, 9.17) is 0 Å². The van der Waals surface area contributed by atoms with E-state index in [0.29, 0.717) is 11.8 Å². The lowest BCUT2D eigenvalue weighted by molar-refractivity contribution is 0.413. The van der Waals surface area contributed by atoms with Gasteiger partial charge in [0.2, 0.25) is 0 Å². The van der Waals surface area contributed by atoms with E-state index in [1.165, 1.54) is 0 Å². The Hall–Kier alpha value is -0.410. The summed E-state index contributed by atoms with van der Waals surface area (Å²) in [5.74, 6) is 0.908. The second-order valence-corrected chi connectivity index (χ2v) is 6.81. The van der Waals surface area contributed by atoms with E-state index in [2.05, 4.69) is 42.0 Å². The molecule has 17 heavy (non-hydrogen) atoms. The van der Waals surface area contributed by atoms with Gasteiger partial charge in [-0.3, -0.25) is 0 Å². The molecule has 0 radical (unpaired) electrons. The Labute approximate surface area is 111 Å². The van der Waals surface area contributed by atoms with Gasteiger partial charge in [-0.25, -0.2) is 4.39 Å². The predicted octanol–water partition coefficient (Wildman–Crippen LogP) is 4.08. The fourth-order valence-electron chi connectivity index (χ4n) is 2.09. The summed E-state index contributed by atoms with van der Waals surface area (Å²) >= 11 is 3.29. The van der Waals surface area contributed by atoms with Crippen molar-refractivity contribution in [1.29, 1.82) is 0 Å². The van der Waals surface area contributed by atoms with Crippen LogP contribution < -0.4 is 5.32 Å². The Morgan fingerprint density at radius 2 is 2.12 bits per heavy atom. The smallest absolute Gasteiger partial charge is 0.127 e. The molecular weight excluding hydrogens is 281 g/mol. The molecule has 0 bridgehead atoms. The van der Waals surface area contributed by atoms with Crippen molar-refractivity contribution in [3.63, 3.8) is 0 Å². The highest BCUT2D eigenvalue weighted by atomic mass is 79.9. The Bertz CT molecular complexity index is 411. The molecule has 0 aliphatic heterocycles. The normalized spacial score (nSPS) is 23.8. The molecule has 1 fully saturated rings. The summed E-state index contributed by atoms with van der Waals surface area (Å²) in [5, 5.41) is 3.48. The van der Waals surface area contributed by atoms with Crippen LogP contribution in [0.5, 0.6) is 0 Å². The number of hydrogen-bond acceptors (Lipinski definition) is 1. The van der Waals surface area contributed by atoms with Crippen LogP contribution in [0.2, 0.25) is 0 Å². The predicted molar refractivity (Wildman–Crippen MR) is 72.7 cm³/mol. The van der Waals surface area contributed by atoms with E-state index < -0.39 is 0 Å². The fraction of sp³-hybridized carbons (Fsp3) is 0.571. The van der Waals surface area contributed by atoms with Gasteiger partial charge in [0.1, 0.15) is 5.82 Å². The third kappa shape index (κ3) is 3.52. The second-order valence-electron chi connectivity index (χ2n) is 5.90. The van der Waals surface area contributed by atoms with Crippen LogP contribution in [-0.2, 0) is 0 Å². The highest BCUT2D eigenvalue weighted by Gasteiger charge is 2.39. The molecule has 1 aromatic carbocycles. The molecule has 1 aromatic rings. The van der Waals surface area contributed by atoms with Crippen molar-refractivity contribution in [2.75, 3.05) is 6.54 Å². The van der Waals surface area contributed by atoms with E-state index in [0.717, 1.165) is 23.0 Å². The average molecular weight is 300 g/mol. The maximum atomic E-state index is 13.7. The van der Waals surface area contributed by atoms with Crippen molar-refractivity contribution in [3.05, 3.63) is 34.1 Å². The molecule has 0 spiro atoms. The minimum atomic E-state index is -0.0809. The Balaban J connectivity index is 1.94. The summed E-state index contributed by atoms with van der Waals surface area (Å²) in [5.41, 5.74) is 1.01. The molecule has 1 aliphatic carbocycles. The quantitative estimate of drug-likeness (QED) is 0.887. The summed E-state index contributed by atoms with van der Waals surface area (Å²) in [6.07, 6.45) is 1.10. The molecule has 0 amide bonds. The summed E-state index contributed by atoms with van der Waals surface area (Å²) in [6, 6.07) is 5.38. The monoisotopic (exact) mass is 299 g/mol. The summed E-state index contributed by atoms with van der Waals surface area (Å²) < 4.78 is 14.5. The lowest BCUT2D eigenvalue weighted by Gasteiger charge is -2.20. The van der Waals surface area contributed by atoms with Crippen molar-refractivity contribution in [2.24, 2.45) is 5.92 Å². The van der Waals surface area contributed by atoms with Crippen LogP contribution in [0.4, 0.5) is 4.39 Å². The molecule has 1 saturated carbocycles. The van der Waals surface area contributed by atoms with Crippen LogP contribution in [0, 0.1) is 11.7 Å². The van der Waals surface area contributed by atoms with Gasteiger partial charge in [-0.2, -0.15) is 0 Å². The van der Waals surface area contributed by atoms with Crippen molar-refractivity contribution < 1.29 is 4.39 Å². The van der Waals surface area contributed by atoms with Gasteiger partial charge in [-0.05, 0) is 63.3 Å². The van der Waals surface area contributed by atoms with Gasteiger partial charge < -0.3 is 5.32 Å². The molecular formula is C14H19BrFN. The van der Waals surface area contributed by atoms with Crippen LogP contribution >= 0.6 is 15.9 Å². The van der Waals surface area contributed by atoms with Gasteiger partial charge >= 0.3 is 0 Å². The van der Waals surface area contributed by atoms with Crippen LogP contribution in [0.3, 0.4) is 0 Å². The maximum Gasteiger partial charge on any atom is 0.127 e. The first-order valence-electron chi connectivity index (χ1n) is 6.07. The van der Waals surface area contributed by atoms with Crippen LogP contribution in [0.25, 0.3) is 0 Å². The van der Waals surface area contributed by atoms with Crippen LogP contribution in [0.1, 0.15) is 38.7 Å². The zero-order valence-electron chi connectivity index (χ0n) is 10.6. The molecule has 0 saturated heterocycles. The summed E-state index contributed by atoms with van der Waals surface area (Å²) in [4.78, 5) is 0. The molecule has 1 N–H and O–H groups in total. The van der Waals surface area contributed by atoms with E-state index in [1.54, 1.807) is 6.07 Å². The number of rotatable bonds is 3. The van der Waals surface area contributed by atoms with Crippen molar-refractivity contribution in [2.45, 2.75) is 38.6 Å². The van der Waals surface area contributed by atoms with Gasteiger partial charge in [-0.1, -0.05) is 22.0 Å². The zero-order valence-corrected chi connectivity index (χ0v) is 12.1. The third-order valence-corrected chi connectivity index (χ3v) is 3.67. The topological polar surface area (TPSA) is 12.0 Å². The lowest BCUT2D eigenvalue weighted by atomic mass is 10.1. The molecule has 2 atom stereocenters. The van der Waals surface area contributed by atoms with E-state index in [-0.39, 0.29) is 11.4 Å². The standard InChI is InChI=1S/C14H19BrFN/c1-14(2,3)17-8-9-6-12(9)11-5-4-10(15)7-13(11)16/h4-5,7,9,12,17H,6,8H2,1-3H3. The highest BCUT2D eigenvalue weighted by Crippen LogP contribution is 2.48. The first-order chi connectivity index (χ1) is 7.87. The van der Waals surface area contributed by atoms with Gasteiger partial charge in [0.05, 0.1) is 0 Å².